The maximum absolute atomic E-state index is 12.6. The van der Waals surface area contributed by atoms with Crippen LogP contribution < -0.4 is 10.1 Å². The minimum atomic E-state index is -0.412. The van der Waals surface area contributed by atoms with Gasteiger partial charge in [-0.3, -0.25) is 9.59 Å². The number of para-hydroxylation sites is 1. The number of rotatable bonds is 11. The van der Waals surface area contributed by atoms with Crippen molar-refractivity contribution >= 4 is 11.7 Å². The van der Waals surface area contributed by atoms with Crippen LogP contribution >= 0.6 is 0 Å². The van der Waals surface area contributed by atoms with Crippen LogP contribution in [0.3, 0.4) is 0 Å². The van der Waals surface area contributed by atoms with Crippen LogP contribution in [0.25, 0.3) is 0 Å². The van der Waals surface area contributed by atoms with Gasteiger partial charge >= 0.3 is 0 Å². The van der Waals surface area contributed by atoms with Gasteiger partial charge in [0.1, 0.15) is 18.3 Å². The van der Waals surface area contributed by atoms with Crippen molar-refractivity contribution in [2.45, 2.75) is 19.8 Å². The van der Waals surface area contributed by atoms with Gasteiger partial charge in [-0.2, -0.15) is 0 Å². The van der Waals surface area contributed by atoms with Crippen molar-refractivity contribution in [2.24, 2.45) is 11.8 Å². The number of hydrogen-bond donors (Lipinski definition) is 2. The van der Waals surface area contributed by atoms with Crippen LogP contribution in [-0.2, 0) is 9.53 Å². The zero-order valence-corrected chi connectivity index (χ0v) is 16.3. The molecule has 2 aromatic rings. The number of ether oxygens (including phenoxy) is 2. The van der Waals surface area contributed by atoms with E-state index in [4.69, 9.17) is 14.6 Å². The van der Waals surface area contributed by atoms with E-state index in [-0.39, 0.29) is 36.6 Å². The first-order chi connectivity index (χ1) is 13.5. The molecular formula is C22H27NO5. The van der Waals surface area contributed by atoms with Crippen molar-refractivity contribution in [1.29, 1.82) is 0 Å². The highest BCUT2D eigenvalue weighted by molar-refractivity contribution is 5.96. The maximum Gasteiger partial charge on any atom is 0.222 e. The molecule has 2 rings (SSSR count). The molecule has 1 amide bonds. The topological polar surface area (TPSA) is 84.9 Å². The standard InChI is InChI=1S/C22H27NO5/c1-16(22(26)23-2)12-17(14-27-15-24)13-21(25)18-8-10-20(11-9-18)28-19-6-4-3-5-7-19/h3-11,16-17,24H,12-15H2,1-2H3,(H,23,26)/t16-,17+/m0/s1. The Morgan fingerprint density at radius 3 is 2.29 bits per heavy atom. The molecule has 0 radical (unpaired) electrons. The Labute approximate surface area is 165 Å². The smallest absolute Gasteiger partial charge is 0.222 e. The fourth-order valence-electron chi connectivity index (χ4n) is 3.00. The summed E-state index contributed by atoms with van der Waals surface area (Å²) in [6.45, 7) is 1.62. The summed E-state index contributed by atoms with van der Waals surface area (Å²) in [5, 5.41) is 11.5. The Morgan fingerprint density at radius 1 is 1.04 bits per heavy atom. The first-order valence-electron chi connectivity index (χ1n) is 9.29. The van der Waals surface area contributed by atoms with Crippen molar-refractivity contribution in [1.82, 2.24) is 5.32 Å². The summed E-state index contributed by atoms with van der Waals surface area (Å²) in [6, 6.07) is 16.4. The number of carbonyl (C=O) groups is 2. The van der Waals surface area contributed by atoms with Gasteiger partial charge in [0.15, 0.2) is 5.78 Å². The van der Waals surface area contributed by atoms with E-state index >= 15 is 0 Å². The minimum Gasteiger partial charge on any atom is -0.457 e. The van der Waals surface area contributed by atoms with Gasteiger partial charge in [-0.25, -0.2) is 0 Å². The van der Waals surface area contributed by atoms with Gasteiger partial charge in [0.05, 0.1) is 6.61 Å². The SMILES string of the molecule is CNC(=O)[C@@H](C)C[C@@H](COCO)CC(=O)c1ccc(Oc2ccccc2)cc1. The summed E-state index contributed by atoms with van der Waals surface area (Å²) in [6.07, 6.45) is 0.737. The van der Waals surface area contributed by atoms with E-state index in [0.717, 1.165) is 5.75 Å². The van der Waals surface area contributed by atoms with E-state index in [2.05, 4.69) is 5.32 Å². The zero-order chi connectivity index (χ0) is 20.4. The van der Waals surface area contributed by atoms with Gasteiger partial charge in [-0.05, 0) is 48.7 Å². The van der Waals surface area contributed by atoms with Crippen molar-refractivity contribution in [3.8, 4) is 11.5 Å². The monoisotopic (exact) mass is 385 g/mol. The summed E-state index contributed by atoms with van der Waals surface area (Å²) < 4.78 is 10.8. The summed E-state index contributed by atoms with van der Waals surface area (Å²) in [7, 11) is 1.59. The average Bonchev–Trinajstić information content (AvgIpc) is 2.72. The number of aliphatic hydroxyl groups excluding tert-OH is 1. The van der Waals surface area contributed by atoms with Gasteiger partial charge in [0, 0.05) is 24.9 Å². The molecular weight excluding hydrogens is 358 g/mol. The molecule has 0 aliphatic carbocycles. The average molecular weight is 385 g/mol. The second-order valence-corrected chi connectivity index (χ2v) is 6.68. The fraction of sp³-hybridized carbons (Fsp3) is 0.364. The van der Waals surface area contributed by atoms with E-state index in [1.54, 1.807) is 31.3 Å². The van der Waals surface area contributed by atoms with E-state index in [1.807, 2.05) is 37.3 Å². The molecule has 0 spiro atoms. The normalized spacial score (nSPS) is 12.8. The lowest BCUT2D eigenvalue weighted by Gasteiger charge is -2.19. The molecule has 0 fully saturated rings. The highest BCUT2D eigenvalue weighted by atomic mass is 16.6. The highest BCUT2D eigenvalue weighted by Gasteiger charge is 2.21. The van der Waals surface area contributed by atoms with Crippen molar-refractivity contribution in [3.63, 3.8) is 0 Å². The molecule has 0 aromatic heterocycles. The Hall–Kier alpha value is -2.70. The Bertz CT molecular complexity index is 745. The Morgan fingerprint density at radius 2 is 1.68 bits per heavy atom. The second kappa shape index (κ2) is 11.2. The molecule has 0 aliphatic rings. The van der Waals surface area contributed by atoms with E-state index in [9.17, 15) is 9.59 Å². The number of benzene rings is 2. The number of aliphatic hydroxyl groups is 1. The quantitative estimate of drug-likeness (QED) is 0.457. The summed E-state index contributed by atoms with van der Waals surface area (Å²) in [4.78, 5) is 24.4. The van der Waals surface area contributed by atoms with E-state index in [0.29, 0.717) is 17.7 Å². The summed E-state index contributed by atoms with van der Waals surface area (Å²) in [5.74, 6) is 0.854. The number of hydrogen-bond acceptors (Lipinski definition) is 5. The molecule has 2 atom stereocenters. The number of Topliss-reactive ketones (excluding diaryl/α,β-unsaturated/α-hetero) is 1. The fourth-order valence-corrected chi connectivity index (χ4v) is 3.00. The molecule has 6 nitrogen and oxygen atoms in total. The lowest BCUT2D eigenvalue weighted by atomic mass is 9.90. The van der Waals surface area contributed by atoms with Crippen molar-refractivity contribution < 1.29 is 24.2 Å². The third kappa shape index (κ3) is 6.79. The van der Waals surface area contributed by atoms with Crippen LogP contribution in [-0.4, -0.2) is 37.2 Å². The molecule has 2 N–H and O–H groups in total. The van der Waals surface area contributed by atoms with Crippen molar-refractivity contribution in [2.75, 3.05) is 20.4 Å². The van der Waals surface area contributed by atoms with E-state index < -0.39 is 6.79 Å². The molecule has 28 heavy (non-hydrogen) atoms. The number of nitrogens with one attached hydrogen (secondary N) is 1. The third-order valence-corrected chi connectivity index (χ3v) is 4.45. The maximum atomic E-state index is 12.6. The Balaban J connectivity index is 1.98. The first kappa shape index (κ1) is 21.6. The summed E-state index contributed by atoms with van der Waals surface area (Å²) in [5.41, 5.74) is 0.571. The van der Waals surface area contributed by atoms with Crippen LogP contribution in [0.4, 0.5) is 0 Å². The molecule has 0 saturated carbocycles. The predicted octanol–water partition coefficient (Wildman–Crippen LogP) is 3.41. The van der Waals surface area contributed by atoms with Gasteiger partial charge in [0.25, 0.3) is 0 Å². The van der Waals surface area contributed by atoms with Gasteiger partial charge in [-0.1, -0.05) is 25.1 Å². The lowest BCUT2D eigenvalue weighted by molar-refractivity contribution is -0.124. The van der Waals surface area contributed by atoms with Gasteiger partial charge in [0.2, 0.25) is 5.91 Å². The molecule has 0 unspecified atom stereocenters. The molecule has 2 aromatic carbocycles. The molecule has 0 aliphatic heterocycles. The van der Waals surface area contributed by atoms with Gasteiger partial charge in [-0.15, -0.1) is 0 Å². The predicted molar refractivity (Wildman–Crippen MR) is 106 cm³/mol. The van der Waals surface area contributed by atoms with E-state index in [1.165, 1.54) is 0 Å². The largest absolute Gasteiger partial charge is 0.457 e. The second-order valence-electron chi connectivity index (χ2n) is 6.68. The summed E-state index contributed by atoms with van der Waals surface area (Å²) >= 11 is 0. The zero-order valence-electron chi connectivity index (χ0n) is 16.3. The van der Waals surface area contributed by atoms with Crippen LogP contribution in [0, 0.1) is 11.8 Å². The van der Waals surface area contributed by atoms with Crippen LogP contribution in [0.15, 0.2) is 54.6 Å². The highest BCUT2D eigenvalue weighted by Crippen LogP contribution is 2.23. The van der Waals surface area contributed by atoms with Crippen molar-refractivity contribution in [3.05, 3.63) is 60.2 Å². The van der Waals surface area contributed by atoms with Gasteiger partial charge < -0.3 is 19.9 Å². The molecule has 150 valence electrons. The van der Waals surface area contributed by atoms with Crippen LogP contribution in [0.1, 0.15) is 30.1 Å². The Kier molecular flexibility index (Phi) is 8.65. The third-order valence-electron chi connectivity index (χ3n) is 4.45. The molecule has 0 heterocycles. The minimum absolute atomic E-state index is 0.0399. The number of amides is 1. The number of carbonyl (C=O) groups excluding carboxylic acids is 2. The van der Waals surface area contributed by atoms with Crippen LogP contribution in [0.2, 0.25) is 0 Å². The number of ketones is 1. The molecule has 0 saturated heterocycles. The molecule has 6 heteroatoms. The molecule has 0 bridgehead atoms. The lowest BCUT2D eigenvalue weighted by Crippen LogP contribution is -2.28. The van der Waals surface area contributed by atoms with Crippen LogP contribution in [0.5, 0.6) is 11.5 Å². The first-order valence-corrected chi connectivity index (χ1v) is 9.29.